The molecule has 1 fully saturated rings. The number of fused-ring (bicyclic) bond motifs is 2. The molecular formula is C27H34N8O6. The van der Waals surface area contributed by atoms with Crippen molar-refractivity contribution in [3.63, 3.8) is 0 Å². The minimum absolute atomic E-state index is 0.0849. The fourth-order valence-electron chi connectivity index (χ4n) is 5.23. The van der Waals surface area contributed by atoms with E-state index in [0.717, 1.165) is 37.7 Å². The topological polar surface area (TPSA) is 198 Å². The zero-order valence-electron chi connectivity index (χ0n) is 22.7. The number of imidazole rings is 1. The van der Waals surface area contributed by atoms with Crippen molar-refractivity contribution in [3.8, 4) is 0 Å². The van der Waals surface area contributed by atoms with Crippen molar-refractivity contribution < 1.29 is 29.3 Å². The summed E-state index contributed by atoms with van der Waals surface area (Å²) in [6, 6.07) is 5.31. The zero-order chi connectivity index (χ0) is 29.1. The van der Waals surface area contributed by atoms with Crippen LogP contribution in [0.2, 0.25) is 0 Å². The summed E-state index contributed by atoms with van der Waals surface area (Å²) in [7, 11) is 1.63. The van der Waals surface area contributed by atoms with Gasteiger partial charge in [0.05, 0.1) is 6.33 Å². The standard InChI is InChI=1S/C27H34N8O6/c1-34(11-6-4-2-3-5-10-18(36)33-17-9-7-8-15-16(17)12-29-25(15)39)26(40)22-20(37)21(38)27(41-22)35-14-32-19-23(28)30-13-31-24(19)35/h7-9,13-14,20-22,27,37-38H,2-6,10-12H2,1H3,(H,29,39)(H,33,36)(H2,28,30,31)/t20-,21+,22-,27+/m0/s1. The number of aliphatic hydroxyl groups is 2. The number of nitrogens with one attached hydrogen (secondary N) is 2. The molecule has 0 aliphatic carbocycles. The van der Waals surface area contributed by atoms with E-state index < -0.39 is 30.4 Å². The molecule has 41 heavy (non-hydrogen) atoms. The van der Waals surface area contributed by atoms with Gasteiger partial charge in [0, 0.05) is 43.4 Å². The van der Waals surface area contributed by atoms with Gasteiger partial charge in [-0.05, 0) is 25.0 Å². The normalized spacial score (nSPS) is 21.6. The fourth-order valence-corrected chi connectivity index (χ4v) is 5.23. The number of benzene rings is 1. The van der Waals surface area contributed by atoms with E-state index in [9.17, 15) is 24.6 Å². The van der Waals surface area contributed by atoms with Gasteiger partial charge in [0.15, 0.2) is 23.8 Å². The van der Waals surface area contributed by atoms with Crippen LogP contribution >= 0.6 is 0 Å². The van der Waals surface area contributed by atoms with Crippen LogP contribution in [-0.4, -0.2) is 84.3 Å². The number of hydrogen-bond acceptors (Lipinski definition) is 10. The van der Waals surface area contributed by atoms with E-state index in [1.54, 1.807) is 25.2 Å². The lowest BCUT2D eigenvalue weighted by Crippen LogP contribution is -2.43. The van der Waals surface area contributed by atoms with Gasteiger partial charge in [-0.1, -0.05) is 25.3 Å². The highest BCUT2D eigenvalue weighted by atomic mass is 16.6. The van der Waals surface area contributed by atoms with E-state index >= 15 is 0 Å². The highest BCUT2D eigenvalue weighted by Gasteiger charge is 2.48. The van der Waals surface area contributed by atoms with Gasteiger partial charge in [0.2, 0.25) is 5.91 Å². The van der Waals surface area contributed by atoms with Crippen LogP contribution in [-0.2, 0) is 20.9 Å². The average molecular weight is 567 g/mol. The minimum atomic E-state index is -1.42. The fraction of sp³-hybridized carbons (Fsp3) is 0.481. The second-order valence-corrected chi connectivity index (χ2v) is 10.4. The van der Waals surface area contributed by atoms with E-state index in [-0.39, 0.29) is 17.6 Å². The van der Waals surface area contributed by atoms with Crippen LogP contribution in [0.1, 0.15) is 60.7 Å². The van der Waals surface area contributed by atoms with Gasteiger partial charge >= 0.3 is 0 Å². The summed E-state index contributed by atoms with van der Waals surface area (Å²) in [5.74, 6) is -0.470. The molecule has 2 aromatic heterocycles. The zero-order valence-corrected chi connectivity index (χ0v) is 22.7. The molecule has 3 amide bonds. The van der Waals surface area contributed by atoms with Crippen LogP contribution in [0.25, 0.3) is 11.2 Å². The molecule has 14 heteroatoms. The Bertz CT molecular complexity index is 1440. The van der Waals surface area contributed by atoms with Crippen molar-refractivity contribution in [1.29, 1.82) is 0 Å². The molecule has 0 unspecified atom stereocenters. The van der Waals surface area contributed by atoms with Crippen LogP contribution in [0.4, 0.5) is 11.5 Å². The molecule has 1 saturated heterocycles. The summed E-state index contributed by atoms with van der Waals surface area (Å²) in [6.45, 7) is 0.873. The molecule has 1 aromatic carbocycles. The van der Waals surface area contributed by atoms with Crippen molar-refractivity contribution in [1.82, 2.24) is 29.7 Å². The second-order valence-electron chi connectivity index (χ2n) is 10.4. The Labute approximate surface area is 235 Å². The van der Waals surface area contributed by atoms with Gasteiger partial charge in [-0.15, -0.1) is 0 Å². The molecule has 0 spiro atoms. The van der Waals surface area contributed by atoms with Crippen LogP contribution in [0.3, 0.4) is 0 Å². The molecule has 2 aliphatic rings. The first kappa shape index (κ1) is 28.4. The van der Waals surface area contributed by atoms with Gasteiger partial charge in [-0.2, -0.15) is 0 Å². The third-order valence-corrected chi connectivity index (χ3v) is 7.54. The van der Waals surface area contributed by atoms with E-state index in [0.29, 0.717) is 41.9 Å². The number of rotatable bonds is 11. The molecule has 6 N–H and O–H groups in total. The number of ether oxygens (including phenoxy) is 1. The van der Waals surface area contributed by atoms with Gasteiger partial charge in [0.25, 0.3) is 11.8 Å². The highest BCUT2D eigenvalue weighted by Crippen LogP contribution is 2.32. The van der Waals surface area contributed by atoms with Crippen molar-refractivity contribution in [2.45, 2.75) is 69.6 Å². The first-order valence-corrected chi connectivity index (χ1v) is 13.7. The minimum Gasteiger partial charge on any atom is -0.387 e. The highest BCUT2D eigenvalue weighted by molar-refractivity contribution is 6.02. The number of hydrogen-bond donors (Lipinski definition) is 5. The lowest BCUT2D eigenvalue weighted by Gasteiger charge is -2.22. The van der Waals surface area contributed by atoms with Gasteiger partial charge in [-0.25, -0.2) is 15.0 Å². The first-order chi connectivity index (χ1) is 19.8. The lowest BCUT2D eigenvalue weighted by molar-refractivity contribution is -0.147. The maximum Gasteiger partial charge on any atom is 0.254 e. The SMILES string of the molecule is CN(CCCCCCCC(=O)Nc1cccc2c1CNC2=O)C(=O)[C@H]1O[C@@H](n2cnc3c(N)ncnc32)[C@H](O)[C@@H]1O. The summed E-state index contributed by atoms with van der Waals surface area (Å²) in [4.78, 5) is 50.8. The molecule has 3 aromatic rings. The predicted octanol–water partition coefficient (Wildman–Crippen LogP) is 0.709. The Kier molecular flexibility index (Phi) is 8.42. The van der Waals surface area contributed by atoms with Crippen LogP contribution in [0.5, 0.6) is 0 Å². The number of nitrogens with two attached hydrogens (primary N) is 1. The smallest absolute Gasteiger partial charge is 0.254 e. The number of unbranched alkanes of at least 4 members (excludes halogenated alkanes) is 4. The largest absolute Gasteiger partial charge is 0.387 e. The predicted molar refractivity (Wildman–Crippen MR) is 147 cm³/mol. The molecule has 0 radical (unpaired) electrons. The average Bonchev–Trinajstić information content (AvgIpc) is 3.64. The number of nitrogens with zero attached hydrogens (tertiary/aromatic N) is 5. The molecule has 4 heterocycles. The summed E-state index contributed by atoms with van der Waals surface area (Å²) in [6.07, 6.45) is 2.02. The van der Waals surface area contributed by atoms with Crippen molar-refractivity contribution in [2.24, 2.45) is 0 Å². The molecule has 2 aliphatic heterocycles. The Morgan fingerprint density at radius 3 is 2.76 bits per heavy atom. The Morgan fingerprint density at radius 1 is 1.15 bits per heavy atom. The molecule has 14 nitrogen and oxygen atoms in total. The summed E-state index contributed by atoms with van der Waals surface area (Å²) in [5.41, 5.74) is 8.57. The Hall–Kier alpha value is -4.14. The van der Waals surface area contributed by atoms with Crippen LogP contribution in [0.15, 0.2) is 30.9 Å². The van der Waals surface area contributed by atoms with Gasteiger partial charge < -0.3 is 36.2 Å². The van der Waals surface area contributed by atoms with Crippen molar-refractivity contribution in [3.05, 3.63) is 42.0 Å². The molecule has 0 saturated carbocycles. The molecule has 0 bridgehead atoms. The van der Waals surface area contributed by atoms with E-state index in [1.807, 2.05) is 0 Å². The number of aromatic nitrogens is 4. The van der Waals surface area contributed by atoms with E-state index in [2.05, 4.69) is 25.6 Å². The molecular weight excluding hydrogens is 532 g/mol. The Morgan fingerprint density at radius 2 is 1.93 bits per heavy atom. The number of carbonyl (C=O) groups is 3. The first-order valence-electron chi connectivity index (χ1n) is 13.7. The summed E-state index contributed by atoms with van der Waals surface area (Å²) in [5, 5.41) is 26.9. The maximum atomic E-state index is 13.0. The third kappa shape index (κ3) is 5.85. The number of aliphatic hydroxyl groups excluding tert-OH is 2. The van der Waals surface area contributed by atoms with E-state index in [4.69, 9.17) is 10.5 Å². The Balaban J connectivity index is 1.02. The number of amides is 3. The molecule has 4 atom stereocenters. The monoisotopic (exact) mass is 566 g/mol. The van der Waals surface area contributed by atoms with Crippen molar-refractivity contribution in [2.75, 3.05) is 24.6 Å². The number of likely N-dealkylation sites (N-methyl/N-ethyl adjacent to an activating group) is 1. The van der Waals surface area contributed by atoms with Crippen LogP contribution < -0.4 is 16.4 Å². The lowest BCUT2D eigenvalue weighted by atomic mass is 10.1. The maximum absolute atomic E-state index is 13.0. The molecule has 218 valence electrons. The van der Waals surface area contributed by atoms with E-state index in [1.165, 1.54) is 22.1 Å². The summed E-state index contributed by atoms with van der Waals surface area (Å²) < 4.78 is 7.22. The number of nitrogen functional groups attached to an aromatic ring is 1. The summed E-state index contributed by atoms with van der Waals surface area (Å²) >= 11 is 0. The molecule has 5 rings (SSSR count). The van der Waals surface area contributed by atoms with Gasteiger partial charge in [-0.3, -0.25) is 19.0 Å². The third-order valence-electron chi connectivity index (χ3n) is 7.54. The number of anilines is 2. The number of carbonyl (C=O) groups excluding carboxylic acids is 3. The quantitative estimate of drug-likeness (QED) is 0.206. The van der Waals surface area contributed by atoms with Crippen molar-refractivity contribution >= 4 is 40.4 Å². The second kappa shape index (κ2) is 12.2. The van der Waals surface area contributed by atoms with Gasteiger partial charge in [0.1, 0.15) is 24.1 Å². The van der Waals surface area contributed by atoms with Crippen LogP contribution in [0, 0.1) is 0 Å².